The van der Waals surface area contributed by atoms with Crippen LogP contribution in [0.2, 0.25) is 5.02 Å². The topological polar surface area (TPSA) is 36.1 Å². The van der Waals surface area contributed by atoms with Gasteiger partial charge in [0.05, 0.1) is 0 Å². The molecule has 0 unspecified atom stereocenters. The van der Waals surface area contributed by atoms with Crippen LogP contribution in [0.3, 0.4) is 0 Å². The number of aromatic nitrogens is 1. The van der Waals surface area contributed by atoms with Gasteiger partial charge in [-0.3, -0.25) is 4.79 Å². The standard InChI is InChI=1S/C17H17ClN2O/c18-13-3-4-16-14(9-13)15(10-19-16)11-5-7-20(8-6-11)17(21)12-1-2-12/h3-5,9-10,12,19H,1-2,6-8H2. The quantitative estimate of drug-likeness (QED) is 0.898. The molecule has 4 rings (SSSR count). The number of halogens is 1. The third kappa shape index (κ3) is 2.36. The Morgan fingerprint density at radius 1 is 1.33 bits per heavy atom. The number of carbonyl (C=O) groups is 1. The number of H-pyrrole nitrogens is 1. The van der Waals surface area contributed by atoms with E-state index in [1.807, 2.05) is 29.3 Å². The molecule has 0 bridgehead atoms. The Morgan fingerprint density at radius 2 is 2.19 bits per heavy atom. The highest BCUT2D eigenvalue weighted by Crippen LogP contribution is 2.34. The van der Waals surface area contributed by atoms with Crippen LogP contribution in [0.25, 0.3) is 16.5 Å². The van der Waals surface area contributed by atoms with Gasteiger partial charge in [-0.1, -0.05) is 17.7 Å². The van der Waals surface area contributed by atoms with E-state index in [4.69, 9.17) is 11.6 Å². The molecular formula is C17H17ClN2O. The van der Waals surface area contributed by atoms with Crippen molar-refractivity contribution in [1.82, 2.24) is 9.88 Å². The summed E-state index contributed by atoms with van der Waals surface area (Å²) in [5.74, 6) is 0.652. The summed E-state index contributed by atoms with van der Waals surface area (Å²) in [6, 6.07) is 5.91. The molecule has 108 valence electrons. The number of hydrogen-bond donors (Lipinski definition) is 1. The summed E-state index contributed by atoms with van der Waals surface area (Å²) in [5.41, 5.74) is 3.63. The van der Waals surface area contributed by atoms with E-state index in [1.165, 1.54) is 11.1 Å². The number of rotatable bonds is 2. The largest absolute Gasteiger partial charge is 0.361 e. The van der Waals surface area contributed by atoms with Gasteiger partial charge in [-0.2, -0.15) is 0 Å². The van der Waals surface area contributed by atoms with Crippen LogP contribution in [0.5, 0.6) is 0 Å². The van der Waals surface area contributed by atoms with Gasteiger partial charge < -0.3 is 9.88 Å². The fourth-order valence-corrected chi connectivity index (χ4v) is 3.23. The van der Waals surface area contributed by atoms with E-state index in [2.05, 4.69) is 11.1 Å². The first kappa shape index (κ1) is 13.0. The normalized spacial score (nSPS) is 18.9. The lowest BCUT2D eigenvalue weighted by Crippen LogP contribution is -2.35. The average molecular weight is 301 g/mol. The van der Waals surface area contributed by atoms with Gasteiger partial charge in [-0.15, -0.1) is 0 Å². The molecule has 3 nitrogen and oxygen atoms in total. The van der Waals surface area contributed by atoms with Crippen LogP contribution in [0.15, 0.2) is 30.5 Å². The molecule has 4 heteroatoms. The molecule has 1 aromatic carbocycles. The summed E-state index contributed by atoms with van der Waals surface area (Å²) in [4.78, 5) is 17.4. The Hall–Kier alpha value is -1.74. The zero-order chi connectivity index (χ0) is 14.4. The zero-order valence-electron chi connectivity index (χ0n) is 11.7. The summed E-state index contributed by atoms with van der Waals surface area (Å²) in [6.45, 7) is 1.56. The number of nitrogens with zero attached hydrogens (tertiary/aromatic N) is 1. The molecule has 1 saturated carbocycles. The zero-order valence-corrected chi connectivity index (χ0v) is 12.5. The summed E-state index contributed by atoms with van der Waals surface area (Å²) in [5, 5.41) is 1.92. The van der Waals surface area contributed by atoms with Crippen LogP contribution in [0.4, 0.5) is 0 Å². The third-order valence-corrected chi connectivity index (χ3v) is 4.67. The van der Waals surface area contributed by atoms with E-state index in [9.17, 15) is 4.79 Å². The lowest BCUT2D eigenvalue weighted by atomic mass is 9.98. The first-order chi connectivity index (χ1) is 10.2. The molecule has 0 atom stereocenters. The van der Waals surface area contributed by atoms with Gasteiger partial charge in [-0.25, -0.2) is 0 Å². The fraction of sp³-hybridized carbons (Fsp3) is 0.353. The molecule has 21 heavy (non-hydrogen) atoms. The van der Waals surface area contributed by atoms with Gasteiger partial charge in [-0.05, 0) is 43.0 Å². The van der Waals surface area contributed by atoms with Crippen LogP contribution in [-0.4, -0.2) is 28.9 Å². The SMILES string of the molecule is O=C(C1CC1)N1CC=C(c2c[nH]c3ccc(Cl)cc23)CC1. The third-order valence-electron chi connectivity index (χ3n) is 4.44. The van der Waals surface area contributed by atoms with Gasteiger partial charge in [0.1, 0.15) is 0 Å². The molecule has 0 spiro atoms. The van der Waals surface area contributed by atoms with Crippen molar-refractivity contribution in [3.63, 3.8) is 0 Å². The number of aromatic amines is 1. The molecule has 1 N–H and O–H groups in total. The number of amides is 1. The Balaban J connectivity index is 1.61. The first-order valence-electron chi connectivity index (χ1n) is 7.47. The molecule has 1 aromatic heterocycles. The summed E-state index contributed by atoms with van der Waals surface area (Å²) < 4.78 is 0. The second kappa shape index (κ2) is 4.92. The molecule has 2 heterocycles. The molecule has 1 amide bonds. The van der Waals surface area contributed by atoms with Crippen molar-refractivity contribution in [2.45, 2.75) is 19.3 Å². The van der Waals surface area contributed by atoms with E-state index in [-0.39, 0.29) is 0 Å². The number of fused-ring (bicyclic) bond motifs is 1. The highest BCUT2D eigenvalue weighted by molar-refractivity contribution is 6.31. The Kier molecular flexibility index (Phi) is 3.03. The van der Waals surface area contributed by atoms with Crippen LogP contribution in [0.1, 0.15) is 24.8 Å². The van der Waals surface area contributed by atoms with Crippen molar-refractivity contribution in [2.75, 3.05) is 13.1 Å². The van der Waals surface area contributed by atoms with Crippen molar-refractivity contribution in [3.05, 3.63) is 41.1 Å². The minimum atomic E-state index is 0.312. The molecule has 2 aromatic rings. The average Bonchev–Trinajstić information content (AvgIpc) is 3.27. The maximum Gasteiger partial charge on any atom is 0.225 e. The van der Waals surface area contributed by atoms with Crippen LogP contribution in [-0.2, 0) is 4.79 Å². The summed E-state index contributed by atoms with van der Waals surface area (Å²) in [6.07, 6.45) is 7.30. The van der Waals surface area contributed by atoms with Gasteiger partial charge in [0, 0.05) is 46.7 Å². The van der Waals surface area contributed by atoms with E-state index in [1.54, 1.807) is 0 Å². The molecule has 0 saturated heterocycles. The van der Waals surface area contributed by atoms with Gasteiger partial charge in [0.2, 0.25) is 5.91 Å². The number of carbonyl (C=O) groups excluding carboxylic acids is 1. The minimum absolute atomic E-state index is 0.312. The van der Waals surface area contributed by atoms with Crippen LogP contribution in [0, 0.1) is 5.92 Å². The van der Waals surface area contributed by atoms with Crippen molar-refractivity contribution < 1.29 is 4.79 Å². The number of hydrogen-bond acceptors (Lipinski definition) is 1. The summed E-state index contributed by atoms with van der Waals surface area (Å²) >= 11 is 6.11. The number of nitrogens with one attached hydrogen (secondary N) is 1. The molecule has 1 aliphatic carbocycles. The first-order valence-corrected chi connectivity index (χ1v) is 7.85. The van der Waals surface area contributed by atoms with Crippen molar-refractivity contribution >= 4 is 34.0 Å². The summed E-state index contributed by atoms with van der Waals surface area (Å²) in [7, 11) is 0. The maximum absolute atomic E-state index is 12.1. The van der Waals surface area contributed by atoms with E-state index >= 15 is 0 Å². The van der Waals surface area contributed by atoms with Crippen LogP contribution >= 0.6 is 11.6 Å². The monoisotopic (exact) mass is 300 g/mol. The van der Waals surface area contributed by atoms with Crippen molar-refractivity contribution in [2.24, 2.45) is 5.92 Å². The second-order valence-electron chi connectivity index (χ2n) is 5.93. The lowest BCUT2D eigenvalue weighted by molar-refractivity contribution is -0.132. The predicted molar refractivity (Wildman–Crippen MR) is 85.2 cm³/mol. The highest BCUT2D eigenvalue weighted by atomic mass is 35.5. The predicted octanol–water partition coefficient (Wildman–Crippen LogP) is 3.85. The molecule has 1 fully saturated rings. The molecule has 2 aliphatic rings. The van der Waals surface area contributed by atoms with Gasteiger partial charge in [0.25, 0.3) is 0 Å². The minimum Gasteiger partial charge on any atom is -0.361 e. The van der Waals surface area contributed by atoms with E-state index in [0.717, 1.165) is 48.3 Å². The Morgan fingerprint density at radius 3 is 2.90 bits per heavy atom. The maximum atomic E-state index is 12.1. The van der Waals surface area contributed by atoms with Crippen molar-refractivity contribution in [1.29, 1.82) is 0 Å². The van der Waals surface area contributed by atoms with Crippen LogP contribution < -0.4 is 0 Å². The number of benzene rings is 1. The smallest absolute Gasteiger partial charge is 0.225 e. The molecule has 0 radical (unpaired) electrons. The van der Waals surface area contributed by atoms with Crippen molar-refractivity contribution in [3.8, 4) is 0 Å². The Bertz CT molecular complexity index is 742. The van der Waals surface area contributed by atoms with E-state index in [0.29, 0.717) is 11.8 Å². The second-order valence-corrected chi connectivity index (χ2v) is 6.37. The lowest BCUT2D eigenvalue weighted by Gasteiger charge is -2.26. The molecular weight excluding hydrogens is 284 g/mol. The van der Waals surface area contributed by atoms with E-state index < -0.39 is 0 Å². The fourth-order valence-electron chi connectivity index (χ4n) is 3.06. The van der Waals surface area contributed by atoms with Gasteiger partial charge >= 0.3 is 0 Å². The Labute approximate surface area is 128 Å². The molecule has 1 aliphatic heterocycles. The van der Waals surface area contributed by atoms with Gasteiger partial charge in [0.15, 0.2) is 0 Å². The highest BCUT2D eigenvalue weighted by Gasteiger charge is 2.33.